The van der Waals surface area contributed by atoms with Crippen LogP contribution in [0.15, 0.2) is 41.5 Å². The maximum atomic E-state index is 13.2. The van der Waals surface area contributed by atoms with E-state index in [-0.39, 0.29) is 5.56 Å². The van der Waals surface area contributed by atoms with Crippen LogP contribution >= 0.6 is 9.58 Å². The summed E-state index contributed by atoms with van der Waals surface area (Å²) in [5.41, 5.74) is 0.636. The monoisotopic (exact) mass is 460 g/mol. The van der Waals surface area contributed by atoms with Gasteiger partial charge in [-0.1, -0.05) is 23.8 Å². The van der Waals surface area contributed by atoms with Gasteiger partial charge in [-0.2, -0.15) is 0 Å². The molecule has 0 fully saturated rings. The van der Waals surface area contributed by atoms with Crippen LogP contribution in [0.4, 0.5) is 8.78 Å². The molecule has 19 heavy (non-hydrogen) atoms. The normalized spacial score (nSPS) is 8.47. The minimum atomic E-state index is -0.649. The van der Waals surface area contributed by atoms with Gasteiger partial charge in [0.15, 0.2) is 0 Å². The van der Waals surface area contributed by atoms with Gasteiger partial charge < -0.3 is 16.7 Å². The third-order valence-corrected chi connectivity index (χ3v) is 1.78. The molecule has 0 aliphatic heterocycles. The van der Waals surface area contributed by atoms with Crippen LogP contribution in [0.1, 0.15) is 0 Å². The number of hydrogen-bond acceptors (Lipinski definition) is 2. The molecule has 2 rings (SSSR count). The summed E-state index contributed by atoms with van der Waals surface area (Å²) in [6.45, 7) is 4.47. The van der Waals surface area contributed by atoms with Crippen molar-refractivity contribution < 1.29 is 26.7 Å². The summed E-state index contributed by atoms with van der Waals surface area (Å²) in [7, 11) is 6.17. The molecule has 0 bridgehead atoms. The van der Waals surface area contributed by atoms with Crippen molar-refractivity contribution in [3.63, 3.8) is 0 Å². The third kappa shape index (κ3) is 6.52. The number of aliphatic imine (C=N–C) groups is 1. The van der Waals surface area contributed by atoms with Gasteiger partial charge in [0.1, 0.15) is 0 Å². The number of pyridine rings is 1. The molecule has 6 heteroatoms. The van der Waals surface area contributed by atoms with Crippen LogP contribution in [0, 0.1) is 17.7 Å². The molecule has 2 aromatic rings. The Hall–Kier alpha value is -1.16. The van der Waals surface area contributed by atoms with Crippen LogP contribution in [0.25, 0.3) is 11.3 Å². The van der Waals surface area contributed by atoms with Gasteiger partial charge in [-0.05, 0) is 18.8 Å². The predicted octanol–water partition coefficient (Wildman–Crippen LogP) is 3.71. The Balaban J connectivity index is 0.000000573. The first-order valence-corrected chi connectivity index (χ1v) is 7.85. The van der Waals surface area contributed by atoms with Crippen molar-refractivity contribution in [1.82, 2.24) is 4.98 Å². The van der Waals surface area contributed by atoms with E-state index in [4.69, 9.17) is 0 Å². The molecule has 2 nitrogen and oxygen atoms in total. The number of aromatic nitrogens is 1. The quantitative estimate of drug-likeness (QED) is 0.471. The van der Waals surface area contributed by atoms with Gasteiger partial charge in [0.2, 0.25) is 0 Å². The maximum absolute atomic E-state index is 13.2. The zero-order valence-corrected chi connectivity index (χ0v) is 13.1. The van der Waals surface area contributed by atoms with E-state index >= 15 is 0 Å². The van der Waals surface area contributed by atoms with Crippen LogP contribution in [-0.2, 0) is 17.9 Å². The standard InChI is InChI=1S/C11H6F2N.C2H4N.ClH.Ir/c12-8-4-5-9(10(13)7-8)11-3-1-2-6-14-11;1-3-2;;/h1-4,6-7H;1H,2H3;1H;/q2*-1;;+3/p-1. The van der Waals surface area contributed by atoms with Gasteiger partial charge in [-0.15, -0.1) is 12.1 Å². The zero-order chi connectivity index (χ0) is 14.7. The Kier molecular flexibility index (Phi) is 10.1. The van der Waals surface area contributed by atoms with Gasteiger partial charge in [-0.25, -0.2) is 0 Å². The van der Waals surface area contributed by atoms with Crippen molar-refractivity contribution in [2.24, 2.45) is 4.99 Å². The van der Waals surface area contributed by atoms with Crippen LogP contribution in [0.2, 0.25) is 0 Å². The van der Waals surface area contributed by atoms with E-state index in [0.717, 1.165) is 12.1 Å². The topological polar surface area (TPSA) is 25.2 Å². The average Bonchev–Trinajstić information content (AvgIpc) is 2.43. The Morgan fingerprint density at radius 1 is 1.37 bits per heavy atom. The van der Waals surface area contributed by atoms with Crippen molar-refractivity contribution in [3.8, 4) is 11.3 Å². The SMILES string of the molecule is Fc1c[c-]c(-c2ccccn2)c(F)c1.[CH-]=NC.[Cl][Ir+2]. The number of hydrogen-bond donors (Lipinski definition) is 0. The first-order chi connectivity index (χ1) is 9.19. The fourth-order valence-electron chi connectivity index (χ4n) is 1.15. The molecule has 1 heterocycles. The van der Waals surface area contributed by atoms with E-state index in [2.05, 4.69) is 32.3 Å². The number of benzene rings is 1. The fraction of sp³-hybridized carbons (Fsp3) is 0.0769. The molecular weight excluding hydrogens is 450 g/mol. The van der Waals surface area contributed by atoms with Gasteiger partial charge in [0.05, 0.1) is 0 Å². The molecule has 0 aliphatic rings. The molecule has 0 radical (unpaired) electrons. The van der Waals surface area contributed by atoms with Crippen molar-refractivity contribution in [2.45, 2.75) is 0 Å². The van der Waals surface area contributed by atoms with Crippen molar-refractivity contribution in [3.05, 3.63) is 54.2 Å². The second-order valence-electron chi connectivity index (χ2n) is 3.01. The van der Waals surface area contributed by atoms with E-state index in [1.807, 2.05) is 0 Å². The van der Waals surface area contributed by atoms with E-state index in [1.165, 1.54) is 24.9 Å². The number of rotatable bonds is 1. The molecule has 0 N–H and O–H groups in total. The predicted molar refractivity (Wildman–Crippen MR) is 68.7 cm³/mol. The van der Waals surface area contributed by atoms with Crippen LogP contribution in [0.3, 0.4) is 0 Å². The fourth-order valence-corrected chi connectivity index (χ4v) is 1.15. The molecule has 0 saturated carbocycles. The molecule has 1 aromatic heterocycles. The summed E-state index contributed by atoms with van der Waals surface area (Å²) in [5.74, 6) is -1.29. The van der Waals surface area contributed by atoms with Crippen molar-refractivity contribution in [1.29, 1.82) is 0 Å². The van der Waals surface area contributed by atoms with Crippen molar-refractivity contribution in [2.75, 3.05) is 7.05 Å². The van der Waals surface area contributed by atoms with E-state index < -0.39 is 11.6 Å². The first-order valence-electron chi connectivity index (χ1n) is 4.88. The van der Waals surface area contributed by atoms with Crippen molar-refractivity contribution >= 4 is 16.3 Å². The van der Waals surface area contributed by atoms with E-state index in [1.54, 1.807) is 24.4 Å². The first kappa shape index (κ1) is 17.8. The van der Waals surface area contributed by atoms with E-state index in [9.17, 15) is 8.78 Å². The third-order valence-electron chi connectivity index (χ3n) is 1.78. The molecule has 0 aliphatic carbocycles. The molecule has 1 aromatic carbocycles. The summed E-state index contributed by atoms with van der Waals surface area (Å²) in [6, 6.07) is 9.53. The summed E-state index contributed by atoms with van der Waals surface area (Å²) in [6.07, 6.45) is 1.55. The molecule has 0 atom stereocenters. The summed E-state index contributed by atoms with van der Waals surface area (Å²) >= 11 is 1.47. The molecule has 0 amide bonds. The second-order valence-corrected chi connectivity index (χ2v) is 3.01. The Bertz CT molecular complexity index is 495. The number of halogens is 3. The average molecular weight is 460 g/mol. The molecule has 0 saturated heterocycles. The van der Waals surface area contributed by atoms with Crippen LogP contribution in [0.5, 0.6) is 0 Å². The second kappa shape index (κ2) is 10.7. The zero-order valence-electron chi connectivity index (χ0n) is 9.90. The van der Waals surface area contributed by atoms with Crippen LogP contribution < -0.4 is 0 Å². The van der Waals surface area contributed by atoms with Gasteiger partial charge in [0, 0.05) is 17.8 Å². The molecule has 102 valence electrons. The summed E-state index contributed by atoms with van der Waals surface area (Å²) in [4.78, 5) is 6.95. The van der Waals surface area contributed by atoms with Gasteiger partial charge in [-0.3, -0.25) is 8.78 Å². The minimum absolute atomic E-state index is 0.187. The van der Waals surface area contributed by atoms with E-state index in [0.29, 0.717) is 5.69 Å². The summed E-state index contributed by atoms with van der Waals surface area (Å²) < 4.78 is 25.8. The molecule has 0 unspecified atom stereocenters. The number of nitrogens with zero attached hydrogens (tertiary/aromatic N) is 2. The van der Waals surface area contributed by atoms with Crippen LogP contribution in [-0.4, -0.2) is 18.7 Å². The summed E-state index contributed by atoms with van der Waals surface area (Å²) in [5, 5.41) is 0. The Morgan fingerprint density at radius 3 is 2.47 bits per heavy atom. The van der Waals surface area contributed by atoms with Gasteiger partial charge in [0.25, 0.3) is 0 Å². The molecular formula is C13H10ClF2IrN2. The van der Waals surface area contributed by atoms with Gasteiger partial charge >= 0.3 is 27.5 Å². The molecule has 0 spiro atoms. The Morgan fingerprint density at radius 2 is 2.00 bits per heavy atom. The Labute approximate surface area is 125 Å².